The van der Waals surface area contributed by atoms with Crippen molar-refractivity contribution in [2.45, 2.75) is 13.0 Å². The average Bonchev–Trinajstić information content (AvgIpc) is 2.09. The summed E-state index contributed by atoms with van der Waals surface area (Å²) in [6, 6.07) is 3.14. The van der Waals surface area contributed by atoms with Gasteiger partial charge in [-0.3, -0.25) is 0 Å². The molecule has 0 saturated heterocycles. The SMILES string of the molecule is COCC(C)Nc1ccc(F)cn1. The highest BCUT2D eigenvalue weighted by Crippen LogP contribution is 2.04. The molecule has 3 nitrogen and oxygen atoms in total. The van der Waals surface area contributed by atoms with E-state index in [4.69, 9.17) is 4.74 Å². The summed E-state index contributed by atoms with van der Waals surface area (Å²) in [5, 5.41) is 3.07. The van der Waals surface area contributed by atoms with Gasteiger partial charge in [0.05, 0.1) is 12.8 Å². The van der Waals surface area contributed by atoms with Gasteiger partial charge >= 0.3 is 0 Å². The number of nitrogens with one attached hydrogen (secondary N) is 1. The lowest BCUT2D eigenvalue weighted by molar-refractivity contribution is 0.190. The van der Waals surface area contributed by atoms with Crippen molar-refractivity contribution >= 4 is 5.82 Å². The average molecular weight is 184 g/mol. The van der Waals surface area contributed by atoms with Crippen molar-refractivity contribution in [3.63, 3.8) is 0 Å². The second kappa shape index (κ2) is 4.77. The predicted octanol–water partition coefficient (Wildman–Crippen LogP) is 1.67. The number of hydrogen-bond acceptors (Lipinski definition) is 3. The van der Waals surface area contributed by atoms with Crippen molar-refractivity contribution < 1.29 is 9.13 Å². The van der Waals surface area contributed by atoms with Crippen molar-refractivity contribution in [2.75, 3.05) is 19.0 Å². The van der Waals surface area contributed by atoms with E-state index in [1.165, 1.54) is 12.3 Å². The molecule has 0 bridgehead atoms. The normalized spacial score (nSPS) is 12.5. The van der Waals surface area contributed by atoms with E-state index in [1.807, 2.05) is 6.92 Å². The zero-order valence-electron chi connectivity index (χ0n) is 7.75. The van der Waals surface area contributed by atoms with Gasteiger partial charge in [0.2, 0.25) is 0 Å². The van der Waals surface area contributed by atoms with Gasteiger partial charge in [-0.05, 0) is 19.1 Å². The first-order chi connectivity index (χ1) is 6.22. The summed E-state index contributed by atoms with van der Waals surface area (Å²) in [7, 11) is 1.64. The van der Waals surface area contributed by atoms with Crippen LogP contribution in [0.4, 0.5) is 10.2 Å². The summed E-state index contributed by atoms with van der Waals surface area (Å²) in [6.07, 6.45) is 1.18. The van der Waals surface area contributed by atoms with E-state index in [9.17, 15) is 4.39 Å². The number of pyridine rings is 1. The van der Waals surface area contributed by atoms with Crippen molar-refractivity contribution in [1.29, 1.82) is 0 Å². The molecule has 1 N–H and O–H groups in total. The molecule has 0 aliphatic heterocycles. The van der Waals surface area contributed by atoms with Crippen LogP contribution in [0.25, 0.3) is 0 Å². The largest absolute Gasteiger partial charge is 0.383 e. The van der Waals surface area contributed by atoms with E-state index < -0.39 is 0 Å². The second-order valence-corrected chi connectivity index (χ2v) is 2.86. The van der Waals surface area contributed by atoms with Crippen molar-refractivity contribution in [2.24, 2.45) is 0 Å². The lowest BCUT2D eigenvalue weighted by atomic mass is 10.3. The molecule has 4 heteroatoms. The summed E-state index contributed by atoms with van der Waals surface area (Å²) in [6.45, 7) is 2.56. The minimum absolute atomic E-state index is 0.169. The van der Waals surface area contributed by atoms with Crippen molar-refractivity contribution in [1.82, 2.24) is 4.98 Å². The first-order valence-corrected chi connectivity index (χ1v) is 4.09. The summed E-state index contributed by atoms with van der Waals surface area (Å²) < 4.78 is 17.4. The molecule has 1 aromatic heterocycles. The Balaban J connectivity index is 2.49. The van der Waals surface area contributed by atoms with Crippen LogP contribution in [-0.2, 0) is 4.74 Å². The molecule has 0 spiro atoms. The molecule has 0 saturated carbocycles. The molecule has 0 aromatic carbocycles. The Morgan fingerprint density at radius 1 is 1.62 bits per heavy atom. The van der Waals surface area contributed by atoms with Gasteiger partial charge in [0, 0.05) is 13.2 Å². The van der Waals surface area contributed by atoms with Crippen LogP contribution in [0.15, 0.2) is 18.3 Å². The van der Waals surface area contributed by atoms with E-state index >= 15 is 0 Å². The minimum atomic E-state index is -0.329. The lowest BCUT2D eigenvalue weighted by Gasteiger charge is -2.12. The van der Waals surface area contributed by atoms with Gasteiger partial charge in [-0.1, -0.05) is 0 Å². The fourth-order valence-corrected chi connectivity index (χ4v) is 1.01. The van der Waals surface area contributed by atoms with Gasteiger partial charge in [-0.2, -0.15) is 0 Å². The van der Waals surface area contributed by atoms with Crippen LogP contribution in [0.5, 0.6) is 0 Å². The Labute approximate surface area is 76.9 Å². The molecule has 0 aliphatic rings. The van der Waals surface area contributed by atoms with Crippen LogP contribution in [0.1, 0.15) is 6.92 Å². The van der Waals surface area contributed by atoms with Crippen LogP contribution in [0, 0.1) is 5.82 Å². The van der Waals surface area contributed by atoms with Gasteiger partial charge in [-0.15, -0.1) is 0 Å². The molecule has 1 rings (SSSR count). The molecule has 1 atom stereocenters. The Morgan fingerprint density at radius 2 is 2.38 bits per heavy atom. The zero-order valence-corrected chi connectivity index (χ0v) is 7.75. The number of ether oxygens (including phenoxy) is 1. The molecule has 72 valence electrons. The third-order valence-corrected chi connectivity index (χ3v) is 1.54. The Hall–Kier alpha value is -1.16. The predicted molar refractivity (Wildman–Crippen MR) is 49.2 cm³/mol. The number of nitrogens with zero attached hydrogens (tertiary/aromatic N) is 1. The monoisotopic (exact) mass is 184 g/mol. The van der Waals surface area contributed by atoms with Crippen LogP contribution in [0.3, 0.4) is 0 Å². The maximum Gasteiger partial charge on any atom is 0.141 e. The minimum Gasteiger partial charge on any atom is -0.383 e. The molecule has 13 heavy (non-hydrogen) atoms. The van der Waals surface area contributed by atoms with E-state index in [1.54, 1.807) is 13.2 Å². The van der Waals surface area contributed by atoms with Gasteiger partial charge in [0.1, 0.15) is 11.6 Å². The number of aromatic nitrogens is 1. The molecule has 0 fully saturated rings. The van der Waals surface area contributed by atoms with Gasteiger partial charge in [-0.25, -0.2) is 9.37 Å². The molecule has 0 radical (unpaired) electrons. The van der Waals surface area contributed by atoms with Gasteiger partial charge < -0.3 is 10.1 Å². The molecule has 0 amide bonds. The summed E-state index contributed by atoms with van der Waals surface area (Å²) >= 11 is 0. The zero-order chi connectivity index (χ0) is 9.68. The van der Waals surface area contributed by atoms with Crippen LogP contribution in [0.2, 0.25) is 0 Å². The smallest absolute Gasteiger partial charge is 0.141 e. The molecule has 1 heterocycles. The van der Waals surface area contributed by atoms with E-state index in [0.29, 0.717) is 12.4 Å². The standard InChI is InChI=1S/C9H13FN2O/c1-7(6-13-2)12-9-4-3-8(10)5-11-9/h3-5,7H,6H2,1-2H3,(H,11,12). The number of anilines is 1. The molecule has 1 unspecified atom stereocenters. The molecular formula is C9H13FN2O. The highest BCUT2D eigenvalue weighted by atomic mass is 19.1. The summed E-state index contributed by atoms with van der Waals surface area (Å²) in [4.78, 5) is 3.86. The maximum absolute atomic E-state index is 12.5. The maximum atomic E-state index is 12.5. The van der Waals surface area contributed by atoms with Crippen molar-refractivity contribution in [3.05, 3.63) is 24.1 Å². The van der Waals surface area contributed by atoms with Crippen LogP contribution >= 0.6 is 0 Å². The Kier molecular flexibility index (Phi) is 3.64. The lowest BCUT2D eigenvalue weighted by Crippen LogP contribution is -2.21. The first-order valence-electron chi connectivity index (χ1n) is 4.09. The van der Waals surface area contributed by atoms with Crippen LogP contribution < -0.4 is 5.32 Å². The fraction of sp³-hybridized carbons (Fsp3) is 0.444. The number of halogens is 1. The summed E-state index contributed by atoms with van der Waals surface area (Å²) in [5.74, 6) is 0.330. The van der Waals surface area contributed by atoms with E-state index in [0.717, 1.165) is 0 Å². The van der Waals surface area contributed by atoms with Gasteiger partial charge in [0.25, 0.3) is 0 Å². The van der Waals surface area contributed by atoms with Crippen LogP contribution in [-0.4, -0.2) is 24.7 Å². The molecular weight excluding hydrogens is 171 g/mol. The first kappa shape index (κ1) is 9.92. The quantitative estimate of drug-likeness (QED) is 0.772. The highest BCUT2D eigenvalue weighted by molar-refractivity contribution is 5.34. The molecule has 1 aromatic rings. The third kappa shape index (κ3) is 3.38. The van der Waals surface area contributed by atoms with Gasteiger partial charge in [0.15, 0.2) is 0 Å². The second-order valence-electron chi connectivity index (χ2n) is 2.86. The Morgan fingerprint density at radius 3 is 2.92 bits per heavy atom. The molecule has 0 aliphatic carbocycles. The Bertz CT molecular complexity index is 250. The number of methoxy groups -OCH3 is 1. The number of rotatable bonds is 4. The van der Waals surface area contributed by atoms with Crippen molar-refractivity contribution in [3.8, 4) is 0 Å². The topological polar surface area (TPSA) is 34.1 Å². The van der Waals surface area contributed by atoms with E-state index in [-0.39, 0.29) is 11.9 Å². The third-order valence-electron chi connectivity index (χ3n) is 1.54. The highest BCUT2D eigenvalue weighted by Gasteiger charge is 2.01. The number of hydrogen-bond donors (Lipinski definition) is 1. The summed E-state index contributed by atoms with van der Waals surface area (Å²) in [5.41, 5.74) is 0. The van der Waals surface area contributed by atoms with E-state index in [2.05, 4.69) is 10.3 Å². The fourth-order valence-electron chi connectivity index (χ4n) is 1.01.